The Hall–Kier alpha value is -0.810. The number of halogens is 1. The lowest BCUT2D eigenvalue weighted by molar-refractivity contribution is 0.260. The van der Waals surface area contributed by atoms with Crippen molar-refractivity contribution in [1.82, 2.24) is 4.90 Å². The number of rotatable bonds is 8. The van der Waals surface area contributed by atoms with Gasteiger partial charge in [-0.3, -0.25) is 0 Å². The quantitative estimate of drug-likeness (QED) is 0.708. The van der Waals surface area contributed by atoms with Gasteiger partial charge in [-0.15, -0.1) is 12.4 Å². The minimum atomic E-state index is -0.225. The van der Waals surface area contributed by atoms with E-state index in [4.69, 9.17) is 15.6 Å². The molecule has 0 aromatic heterocycles. The van der Waals surface area contributed by atoms with Gasteiger partial charge in [-0.25, -0.2) is 0 Å². The molecule has 0 bridgehead atoms. The number of ether oxygens (including phenoxy) is 1. The molecule has 0 radical (unpaired) electrons. The Labute approximate surface area is 122 Å². The van der Waals surface area contributed by atoms with Gasteiger partial charge in [0.25, 0.3) is 0 Å². The second kappa shape index (κ2) is 10.0. The first-order chi connectivity index (χ1) is 8.63. The first-order valence-corrected chi connectivity index (χ1v) is 6.35. The molecule has 0 aliphatic heterocycles. The van der Waals surface area contributed by atoms with Gasteiger partial charge < -0.3 is 20.5 Å². The fraction of sp³-hybridized carbons (Fsp3) is 0.571. The van der Waals surface area contributed by atoms with Crippen LogP contribution < -0.4 is 10.5 Å². The second-order valence-electron chi connectivity index (χ2n) is 4.76. The molecule has 0 amide bonds. The van der Waals surface area contributed by atoms with E-state index < -0.39 is 0 Å². The van der Waals surface area contributed by atoms with Crippen molar-refractivity contribution in [3.05, 3.63) is 29.8 Å². The molecule has 1 unspecified atom stereocenters. The SMILES string of the molecule is CN(C)CCCOc1ccccc1CC(N)CO.Cl. The first-order valence-electron chi connectivity index (χ1n) is 6.35. The summed E-state index contributed by atoms with van der Waals surface area (Å²) < 4.78 is 5.77. The Morgan fingerprint density at radius 1 is 1.32 bits per heavy atom. The van der Waals surface area contributed by atoms with Crippen LogP contribution in [0.25, 0.3) is 0 Å². The van der Waals surface area contributed by atoms with Crippen molar-refractivity contribution < 1.29 is 9.84 Å². The molecule has 0 aliphatic carbocycles. The normalized spacial score (nSPS) is 12.1. The first kappa shape index (κ1) is 18.2. The fourth-order valence-corrected chi connectivity index (χ4v) is 1.72. The van der Waals surface area contributed by atoms with Crippen LogP contribution in [0.2, 0.25) is 0 Å². The Balaban J connectivity index is 0.00000324. The number of hydrogen-bond donors (Lipinski definition) is 2. The summed E-state index contributed by atoms with van der Waals surface area (Å²) in [7, 11) is 4.10. The Morgan fingerprint density at radius 2 is 2.00 bits per heavy atom. The van der Waals surface area contributed by atoms with Crippen molar-refractivity contribution >= 4 is 12.4 Å². The van der Waals surface area contributed by atoms with Crippen LogP contribution in [-0.2, 0) is 6.42 Å². The van der Waals surface area contributed by atoms with Crippen LogP contribution in [0.5, 0.6) is 5.75 Å². The molecule has 0 spiro atoms. The summed E-state index contributed by atoms with van der Waals surface area (Å²) in [4.78, 5) is 2.14. The highest BCUT2D eigenvalue weighted by atomic mass is 35.5. The van der Waals surface area contributed by atoms with E-state index in [2.05, 4.69) is 4.90 Å². The maximum atomic E-state index is 8.99. The van der Waals surface area contributed by atoms with E-state index in [0.717, 1.165) is 24.3 Å². The van der Waals surface area contributed by atoms with E-state index in [-0.39, 0.29) is 25.1 Å². The molecule has 5 heteroatoms. The van der Waals surface area contributed by atoms with Crippen LogP contribution in [-0.4, -0.2) is 49.9 Å². The molecule has 3 N–H and O–H groups in total. The van der Waals surface area contributed by atoms with E-state index in [1.165, 1.54) is 0 Å². The average Bonchev–Trinajstić information content (AvgIpc) is 2.36. The number of para-hydroxylation sites is 1. The van der Waals surface area contributed by atoms with Gasteiger partial charge in [0.05, 0.1) is 13.2 Å². The molecule has 0 saturated carbocycles. The lowest BCUT2D eigenvalue weighted by atomic mass is 10.1. The maximum absolute atomic E-state index is 8.99. The molecule has 1 aromatic carbocycles. The summed E-state index contributed by atoms with van der Waals surface area (Å²) in [5.41, 5.74) is 6.82. The van der Waals surface area contributed by atoms with E-state index in [1.807, 2.05) is 38.4 Å². The minimum Gasteiger partial charge on any atom is -0.493 e. The zero-order valence-corrected chi connectivity index (χ0v) is 12.5. The van der Waals surface area contributed by atoms with Gasteiger partial charge in [-0.2, -0.15) is 0 Å². The van der Waals surface area contributed by atoms with E-state index in [1.54, 1.807) is 0 Å². The highest BCUT2D eigenvalue weighted by molar-refractivity contribution is 5.85. The number of nitrogens with zero attached hydrogens (tertiary/aromatic N) is 1. The van der Waals surface area contributed by atoms with Crippen molar-refractivity contribution in [3.8, 4) is 5.75 Å². The molecular formula is C14H25ClN2O2. The van der Waals surface area contributed by atoms with Crippen molar-refractivity contribution in [2.75, 3.05) is 33.9 Å². The largest absolute Gasteiger partial charge is 0.493 e. The highest BCUT2D eigenvalue weighted by Crippen LogP contribution is 2.19. The van der Waals surface area contributed by atoms with E-state index >= 15 is 0 Å². The van der Waals surface area contributed by atoms with Crippen molar-refractivity contribution in [1.29, 1.82) is 0 Å². The summed E-state index contributed by atoms with van der Waals surface area (Å²) in [5, 5.41) is 8.99. The molecule has 1 rings (SSSR count). The fourth-order valence-electron chi connectivity index (χ4n) is 1.72. The third-order valence-corrected chi connectivity index (χ3v) is 2.70. The monoisotopic (exact) mass is 288 g/mol. The predicted molar refractivity (Wildman–Crippen MR) is 81.1 cm³/mol. The average molecular weight is 289 g/mol. The number of hydrogen-bond acceptors (Lipinski definition) is 4. The number of benzene rings is 1. The maximum Gasteiger partial charge on any atom is 0.122 e. The Morgan fingerprint density at radius 3 is 2.63 bits per heavy atom. The van der Waals surface area contributed by atoms with Gasteiger partial charge in [-0.05, 0) is 38.6 Å². The zero-order chi connectivity index (χ0) is 13.4. The van der Waals surface area contributed by atoms with E-state index in [0.29, 0.717) is 13.0 Å². The van der Waals surface area contributed by atoms with Crippen molar-refractivity contribution in [2.24, 2.45) is 5.73 Å². The summed E-state index contributed by atoms with van der Waals surface area (Å²) in [6, 6.07) is 7.64. The smallest absolute Gasteiger partial charge is 0.122 e. The topological polar surface area (TPSA) is 58.7 Å². The Kier molecular flexibility index (Phi) is 9.61. The lowest BCUT2D eigenvalue weighted by Crippen LogP contribution is -2.27. The molecule has 4 nitrogen and oxygen atoms in total. The van der Waals surface area contributed by atoms with Crippen LogP contribution in [0.15, 0.2) is 24.3 Å². The van der Waals surface area contributed by atoms with Crippen LogP contribution in [0.3, 0.4) is 0 Å². The molecule has 1 aromatic rings. The van der Waals surface area contributed by atoms with Gasteiger partial charge in [0, 0.05) is 12.6 Å². The number of aliphatic hydroxyl groups excluding tert-OH is 1. The summed E-state index contributed by atoms with van der Waals surface area (Å²) >= 11 is 0. The molecule has 0 saturated heterocycles. The van der Waals surface area contributed by atoms with Gasteiger partial charge in [-0.1, -0.05) is 18.2 Å². The van der Waals surface area contributed by atoms with Crippen LogP contribution in [0.1, 0.15) is 12.0 Å². The summed E-state index contributed by atoms with van der Waals surface area (Å²) in [6.07, 6.45) is 1.63. The van der Waals surface area contributed by atoms with E-state index in [9.17, 15) is 0 Å². The van der Waals surface area contributed by atoms with Crippen LogP contribution in [0.4, 0.5) is 0 Å². The standard InChI is InChI=1S/C14H24N2O2.ClH/c1-16(2)8-5-9-18-14-7-4-3-6-12(14)10-13(15)11-17;/h3-4,6-7,13,17H,5,8-11,15H2,1-2H3;1H. The predicted octanol–water partition coefficient (Wildman–Crippen LogP) is 1.30. The summed E-state index contributed by atoms with van der Waals surface area (Å²) in [6.45, 7) is 1.71. The minimum absolute atomic E-state index is 0. The second-order valence-corrected chi connectivity index (χ2v) is 4.76. The zero-order valence-electron chi connectivity index (χ0n) is 11.7. The third-order valence-electron chi connectivity index (χ3n) is 2.70. The van der Waals surface area contributed by atoms with Gasteiger partial charge in [0.1, 0.15) is 5.75 Å². The summed E-state index contributed by atoms with van der Waals surface area (Å²) in [5.74, 6) is 0.875. The lowest BCUT2D eigenvalue weighted by Gasteiger charge is -2.15. The van der Waals surface area contributed by atoms with Crippen molar-refractivity contribution in [2.45, 2.75) is 18.9 Å². The van der Waals surface area contributed by atoms with Gasteiger partial charge in [0.15, 0.2) is 0 Å². The Bertz CT molecular complexity index is 348. The van der Waals surface area contributed by atoms with Crippen LogP contribution >= 0.6 is 12.4 Å². The molecular weight excluding hydrogens is 264 g/mol. The molecule has 0 heterocycles. The third kappa shape index (κ3) is 7.38. The number of nitrogens with two attached hydrogens (primary N) is 1. The molecule has 19 heavy (non-hydrogen) atoms. The molecule has 1 atom stereocenters. The molecule has 110 valence electrons. The number of aliphatic hydroxyl groups is 1. The van der Waals surface area contributed by atoms with Crippen LogP contribution in [0, 0.1) is 0 Å². The van der Waals surface area contributed by atoms with Crippen molar-refractivity contribution in [3.63, 3.8) is 0 Å². The molecule has 0 fully saturated rings. The molecule has 0 aliphatic rings. The highest BCUT2D eigenvalue weighted by Gasteiger charge is 2.07. The van der Waals surface area contributed by atoms with Gasteiger partial charge in [0.2, 0.25) is 0 Å². The van der Waals surface area contributed by atoms with Gasteiger partial charge >= 0.3 is 0 Å².